The third-order valence-corrected chi connectivity index (χ3v) is 3.86. The summed E-state index contributed by atoms with van der Waals surface area (Å²) in [7, 11) is 0. The molecule has 2 heterocycles. The Hall–Kier alpha value is -2.54. The van der Waals surface area contributed by atoms with Crippen molar-refractivity contribution in [1.82, 2.24) is 14.6 Å². The minimum absolute atomic E-state index is 0.0462. The predicted octanol–water partition coefficient (Wildman–Crippen LogP) is 2.12. The lowest BCUT2D eigenvalue weighted by Gasteiger charge is -2.04. The van der Waals surface area contributed by atoms with E-state index in [9.17, 15) is 9.59 Å². The summed E-state index contributed by atoms with van der Waals surface area (Å²) in [5, 5.41) is 4.81. The van der Waals surface area contributed by atoms with E-state index < -0.39 is 5.97 Å². The highest BCUT2D eigenvalue weighted by atomic mass is 32.1. The van der Waals surface area contributed by atoms with Crippen molar-refractivity contribution in [2.24, 2.45) is 0 Å². The zero-order valence-electron chi connectivity index (χ0n) is 12.1. The van der Waals surface area contributed by atoms with Crippen LogP contribution in [0.4, 0.5) is 0 Å². The SMILES string of the molecule is Cc1ccc(C(=O)OCc2cc(=O)n3nc(C)sc3n2)cc1. The van der Waals surface area contributed by atoms with Crippen LogP contribution < -0.4 is 5.56 Å². The van der Waals surface area contributed by atoms with E-state index in [0.29, 0.717) is 16.2 Å². The number of ether oxygens (including phenoxy) is 1. The van der Waals surface area contributed by atoms with Crippen molar-refractivity contribution >= 4 is 22.3 Å². The van der Waals surface area contributed by atoms with E-state index in [1.807, 2.05) is 19.1 Å². The Morgan fingerprint density at radius 3 is 2.73 bits per heavy atom. The van der Waals surface area contributed by atoms with Gasteiger partial charge in [0.1, 0.15) is 11.6 Å². The van der Waals surface area contributed by atoms with Crippen molar-refractivity contribution in [3.05, 3.63) is 62.5 Å². The van der Waals surface area contributed by atoms with Gasteiger partial charge < -0.3 is 4.74 Å². The van der Waals surface area contributed by atoms with Gasteiger partial charge in [0.05, 0.1) is 11.3 Å². The first-order valence-corrected chi connectivity index (χ1v) is 7.45. The number of carbonyl (C=O) groups excluding carboxylic acids is 1. The van der Waals surface area contributed by atoms with Crippen molar-refractivity contribution in [1.29, 1.82) is 0 Å². The highest BCUT2D eigenvalue weighted by molar-refractivity contribution is 7.16. The molecule has 3 rings (SSSR count). The monoisotopic (exact) mass is 315 g/mol. The van der Waals surface area contributed by atoms with E-state index in [2.05, 4.69) is 10.1 Å². The number of aryl methyl sites for hydroxylation is 2. The Kier molecular flexibility index (Phi) is 3.72. The molecular formula is C15H13N3O3S. The summed E-state index contributed by atoms with van der Waals surface area (Å²) in [6.45, 7) is 3.70. The molecule has 22 heavy (non-hydrogen) atoms. The molecule has 0 spiro atoms. The van der Waals surface area contributed by atoms with Crippen molar-refractivity contribution < 1.29 is 9.53 Å². The maximum absolute atomic E-state index is 11.9. The van der Waals surface area contributed by atoms with Gasteiger partial charge in [0.25, 0.3) is 5.56 Å². The Morgan fingerprint density at radius 2 is 2.00 bits per heavy atom. The Morgan fingerprint density at radius 1 is 1.27 bits per heavy atom. The van der Waals surface area contributed by atoms with Crippen LogP contribution in [-0.4, -0.2) is 20.6 Å². The van der Waals surface area contributed by atoms with Crippen LogP contribution >= 0.6 is 11.3 Å². The molecule has 6 nitrogen and oxygen atoms in total. The van der Waals surface area contributed by atoms with E-state index in [-0.39, 0.29) is 12.2 Å². The van der Waals surface area contributed by atoms with Gasteiger partial charge in [-0.15, -0.1) is 0 Å². The van der Waals surface area contributed by atoms with Crippen LogP contribution in [-0.2, 0) is 11.3 Å². The molecule has 0 unspecified atom stereocenters. The number of hydrogen-bond acceptors (Lipinski definition) is 6. The summed E-state index contributed by atoms with van der Waals surface area (Å²) in [5.41, 5.74) is 1.67. The van der Waals surface area contributed by atoms with Gasteiger partial charge in [0.15, 0.2) is 0 Å². The third-order valence-electron chi connectivity index (χ3n) is 3.04. The van der Waals surface area contributed by atoms with Crippen LogP contribution in [0.1, 0.15) is 26.6 Å². The number of esters is 1. The van der Waals surface area contributed by atoms with Crippen molar-refractivity contribution in [3.63, 3.8) is 0 Å². The smallest absolute Gasteiger partial charge is 0.338 e. The molecule has 1 aromatic carbocycles. The van der Waals surface area contributed by atoms with Crippen molar-refractivity contribution in [2.75, 3.05) is 0 Å². The lowest BCUT2D eigenvalue weighted by Crippen LogP contribution is -2.16. The summed E-state index contributed by atoms with van der Waals surface area (Å²) in [6.07, 6.45) is 0. The van der Waals surface area contributed by atoms with Gasteiger partial charge in [0, 0.05) is 6.07 Å². The van der Waals surface area contributed by atoms with Crippen molar-refractivity contribution in [3.8, 4) is 0 Å². The molecule has 112 valence electrons. The van der Waals surface area contributed by atoms with Crippen LogP contribution in [0.2, 0.25) is 0 Å². The Labute approximate surface area is 130 Å². The number of carbonyl (C=O) groups is 1. The fourth-order valence-electron chi connectivity index (χ4n) is 1.94. The first-order valence-electron chi connectivity index (χ1n) is 6.63. The fourth-order valence-corrected chi connectivity index (χ4v) is 2.71. The molecule has 0 amide bonds. The number of hydrogen-bond donors (Lipinski definition) is 0. The summed E-state index contributed by atoms with van der Waals surface area (Å²) >= 11 is 1.31. The van der Waals surface area contributed by atoms with Gasteiger partial charge in [-0.3, -0.25) is 4.79 Å². The standard InChI is InChI=1S/C15H13N3O3S/c1-9-3-5-11(6-4-9)14(20)21-8-12-7-13(19)18-15(16-12)22-10(2)17-18/h3-7H,8H2,1-2H3. The molecule has 0 aliphatic heterocycles. The molecule has 3 aromatic rings. The topological polar surface area (TPSA) is 73.6 Å². The highest BCUT2D eigenvalue weighted by Gasteiger charge is 2.10. The predicted molar refractivity (Wildman–Crippen MR) is 82.2 cm³/mol. The summed E-state index contributed by atoms with van der Waals surface area (Å²) in [4.78, 5) is 28.6. The normalized spacial score (nSPS) is 10.8. The Bertz CT molecular complexity index is 897. The zero-order chi connectivity index (χ0) is 15.7. The molecular weight excluding hydrogens is 302 g/mol. The van der Waals surface area contributed by atoms with Gasteiger partial charge in [-0.2, -0.15) is 9.61 Å². The lowest BCUT2D eigenvalue weighted by molar-refractivity contribution is 0.0468. The summed E-state index contributed by atoms with van der Waals surface area (Å²) in [6, 6.07) is 8.42. The molecule has 7 heteroatoms. The molecule has 2 aromatic heterocycles. The van der Waals surface area contributed by atoms with E-state index in [4.69, 9.17) is 4.74 Å². The maximum atomic E-state index is 11.9. The Balaban J connectivity index is 1.77. The van der Waals surface area contributed by atoms with Crippen LogP contribution in [0.3, 0.4) is 0 Å². The first kappa shape index (κ1) is 14.4. The lowest BCUT2D eigenvalue weighted by atomic mass is 10.1. The molecule has 0 bridgehead atoms. The summed E-state index contributed by atoms with van der Waals surface area (Å²) in [5.74, 6) is -0.442. The molecule has 0 saturated heterocycles. The van der Waals surface area contributed by atoms with E-state index in [0.717, 1.165) is 10.6 Å². The minimum Gasteiger partial charge on any atom is -0.456 e. The number of fused-ring (bicyclic) bond motifs is 1. The van der Waals surface area contributed by atoms with Crippen LogP contribution in [0, 0.1) is 13.8 Å². The second-order valence-corrected chi connectivity index (χ2v) is 6.00. The highest BCUT2D eigenvalue weighted by Crippen LogP contribution is 2.11. The van der Waals surface area contributed by atoms with Crippen LogP contribution in [0.5, 0.6) is 0 Å². The van der Waals surface area contributed by atoms with Gasteiger partial charge in [-0.1, -0.05) is 29.0 Å². The molecule has 0 atom stereocenters. The first-order chi connectivity index (χ1) is 10.5. The van der Waals surface area contributed by atoms with Gasteiger partial charge >= 0.3 is 5.97 Å². The molecule has 0 fully saturated rings. The largest absolute Gasteiger partial charge is 0.456 e. The van der Waals surface area contributed by atoms with E-state index >= 15 is 0 Å². The van der Waals surface area contributed by atoms with Gasteiger partial charge in [0.2, 0.25) is 4.96 Å². The van der Waals surface area contributed by atoms with Crippen LogP contribution in [0.15, 0.2) is 35.1 Å². The number of aromatic nitrogens is 3. The number of rotatable bonds is 3. The molecule has 0 aliphatic carbocycles. The average Bonchev–Trinajstić information content (AvgIpc) is 2.86. The van der Waals surface area contributed by atoms with E-state index in [1.165, 1.54) is 21.9 Å². The average molecular weight is 315 g/mol. The van der Waals surface area contributed by atoms with Crippen LogP contribution in [0.25, 0.3) is 4.96 Å². The zero-order valence-corrected chi connectivity index (χ0v) is 12.9. The molecule has 0 N–H and O–H groups in total. The second kappa shape index (κ2) is 5.69. The molecule has 0 saturated carbocycles. The number of nitrogens with zero attached hydrogens (tertiary/aromatic N) is 3. The van der Waals surface area contributed by atoms with Gasteiger partial charge in [-0.05, 0) is 26.0 Å². The molecule has 0 aliphatic rings. The maximum Gasteiger partial charge on any atom is 0.338 e. The summed E-state index contributed by atoms with van der Waals surface area (Å²) < 4.78 is 6.44. The third kappa shape index (κ3) is 2.89. The number of benzene rings is 1. The minimum atomic E-state index is -0.442. The fraction of sp³-hybridized carbons (Fsp3) is 0.200. The van der Waals surface area contributed by atoms with Gasteiger partial charge in [-0.25, -0.2) is 9.78 Å². The molecule has 0 radical (unpaired) electrons. The quantitative estimate of drug-likeness (QED) is 0.692. The van der Waals surface area contributed by atoms with Crippen molar-refractivity contribution in [2.45, 2.75) is 20.5 Å². The second-order valence-electron chi connectivity index (χ2n) is 4.84. The van der Waals surface area contributed by atoms with E-state index in [1.54, 1.807) is 19.1 Å².